The molecule has 1 aliphatic rings. The average Bonchev–Trinajstić information content (AvgIpc) is 3.25. The second kappa shape index (κ2) is 6.01. The maximum absolute atomic E-state index is 12.7. The molecule has 5 nitrogen and oxygen atoms in total. The Morgan fingerprint density at radius 3 is 2.43 bits per heavy atom. The number of sulfonamides is 1. The monoisotopic (exact) mass is 342 g/mol. The first-order chi connectivity index (χ1) is 10.9. The molecule has 0 radical (unpaired) electrons. The van der Waals surface area contributed by atoms with Crippen molar-refractivity contribution in [2.75, 3.05) is 6.54 Å². The van der Waals surface area contributed by atoms with Crippen molar-refractivity contribution in [3.8, 4) is 11.3 Å². The summed E-state index contributed by atoms with van der Waals surface area (Å²) < 4.78 is 56.5. The van der Waals surface area contributed by atoms with Crippen molar-refractivity contribution in [1.29, 1.82) is 0 Å². The van der Waals surface area contributed by atoms with E-state index in [0.717, 1.165) is 4.31 Å². The number of hydrogen-bond acceptors (Lipinski definition) is 4. The summed E-state index contributed by atoms with van der Waals surface area (Å²) in [6.07, 6.45) is 0.0409. The number of aromatic nitrogens is 1. The van der Waals surface area contributed by atoms with Gasteiger partial charge in [0.1, 0.15) is 12.0 Å². The van der Waals surface area contributed by atoms with Crippen LogP contribution < -0.4 is 0 Å². The highest BCUT2D eigenvalue weighted by molar-refractivity contribution is 7.89. The summed E-state index contributed by atoms with van der Waals surface area (Å²) in [7, 11) is -3.92. The third kappa shape index (κ3) is 3.42. The van der Waals surface area contributed by atoms with Crippen molar-refractivity contribution < 1.29 is 21.6 Å². The first-order valence-corrected chi connectivity index (χ1v) is 8.64. The van der Waals surface area contributed by atoms with Gasteiger partial charge in [0.25, 0.3) is 6.43 Å². The highest BCUT2D eigenvalue weighted by Crippen LogP contribution is 2.33. The molecule has 0 bridgehead atoms. The fraction of sp³-hybridized carbons (Fsp3) is 0.400. The molecule has 0 spiro atoms. The standard InChI is InChI=1S/C15H16F2N2O3S/c1-10-18-14(9-22-10)11-2-6-13(7-3-11)23(20,21)19(8-15(16)17)12-4-5-12/h2-3,6-7,9,12,15H,4-5,8H2,1H3. The maximum atomic E-state index is 12.7. The van der Waals surface area contributed by atoms with E-state index in [-0.39, 0.29) is 10.9 Å². The van der Waals surface area contributed by atoms with Gasteiger partial charge in [-0.2, -0.15) is 4.31 Å². The molecule has 1 fully saturated rings. The molecule has 0 atom stereocenters. The van der Waals surface area contributed by atoms with E-state index in [1.807, 2.05) is 0 Å². The molecule has 1 heterocycles. The molecule has 0 saturated heterocycles. The highest BCUT2D eigenvalue weighted by atomic mass is 32.2. The summed E-state index contributed by atoms with van der Waals surface area (Å²) >= 11 is 0. The predicted molar refractivity (Wildman–Crippen MR) is 79.6 cm³/mol. The first kappa shape index (κ1) is 16.1. The summed E-state index contributed by atoms with van der Waals surface area (Å²) in [4.78, 5) is 4.17. The van der Waals surface area contributed by atoms with Crippen LogP contribution in [0.5, 0.6) is 0 Å². The molecule has 0 unspecified atom stereocenters. The van der Waals surface area contributed by atoms with Gasteiger partial charge in [-0.25, -0.2) is 22.2 Å². The number of oxazole rings is 1. The van der Waals surface area contributed by atoms with Gasteiger partial charge in [-0.05, 0) is 25.0 Å². The van der Waals surface area contributed by atoms with Crippen LogP contribution in [0.25, 0.3) is 11.3 Å². The normalized spacial score (nSPS) is 15.5. The van der Waals surface area contributed by atoms with Crippen LogP contribution in [0.2, 0.25) is 0 Å². The fourth-order valence-corrected chi connectivity index (χ4v) is 4.03. The van der Waals surface area contributed by atoms with Gasteiger partial charge >= 0.3 is 0 Å². The van der Waals surface area contributed by atoms with Crippen LogP contribution in [0.3, 0.4) is 0 Å². The Hall–Kier alpha value is -1.80. The van der Waals surface area contributed by atoms with E-state index in [1.54, 1.807) is 19.1 Å². The third-order valence-corrected chi connectivity index (χ3v) is 5.58. The van der Waals surface area contributed by atoms with Gasteiger partial charge in [0.05, 0.1) is 11.4 Å². The molecule has 0 N–H and O–H groups in total. The molecular weight excluding hydrogens is 326 g/mol. The minimum absolute atomic E-state index is 0.00835. The molecule has 1 saturated carbocycles. The van der Waals surface area contributed by atoms with Crippen LogP contribution in [-0.2, 0) is 10.0 Å². The zero-order chi connectivity index (χ0) is 16.6. The summed E-state index contributed by atoms with van der Waals surface area (Å²) in [6.45, 7) is 0.942. The highest BCUT2D eigenvalue weighted by Gasteiger charge is 2.39. The van der Waals surface area contributed by atoms with Crippen LogP contribution in [-0.4, -0.2) is 36.7 Å². The number of alkyl halides is 2. The lowest BCUT2D eigenvalue weighted by atomic mass is 10.2. The van der Waals surface area contributed by atoms with Gasteiger partial charge in [0, 0.05) is 18.5 Å². The maximum Gasteiger partial charge on any atom is 0.252 e. The van der Waals surface area contributed by atoms with Crippen LogP contribution >= 0.6 is 0 Å². The van der Waals surface area contributed by atoms with E-state index in [4.69, 9.17) is 4.42 Å². The molecule has 8 heteroatoms. The molecule has 2 aromatic rings. The first-order valence-electron chi connectivity index (χ1n) is 7.20. The van der Waals surface area contributed by atoms with Gasteiger partial charge in [-0.15, -0.1) is 0 Å². The summed E-state index contributed by atoms with van der Waals surface area (Å²) in [5.41, 5.74) is 1.30. The fourth-order valence-electron chi connectivity index (χ4n) is 2.37. The second-order valence-corrected chi connectivity index (χ2v) is 7.36. The third-order valence-electron chi connectivity index (χ3n) is 3.65. The average molecular weight is 342 g/mol. The molecule has 1 aliphatic carbocycles. The number of nitrogens with zero attached hydrogens (tertiary/aromatic N) is 2. The Morgan fingerprint density at radius 1 is 1.30 bits per heavy atom. The number of aryl methyl sites for hydroxylation is 1. The van der Waals surface area contributed by atoms with E-state index >= 15 is 0 Å². The summed E-state index contributed by atoms with van der Waals surface area (Å²) in [5.74, 6) is 0.508. The zero-order valence-corrected chi connectivity index (χ0v) is 13.3. The Morgan fingerprint density at radius 2 is 1.96 bits per heavy atom. The van der Waals surface area contributed by atoms with E-state index < -0.39 is 23.0 Å². The molecule has 1 aromatic carbocycles. The Kier molecular flexibility index (Phi) is 4.20. The van der Waals surface area contributed by atoms with E-state index in [2.05, 4.69) is 4.98 Å². The van der Waals surface area contributed by atoms with Crippen molar-refractivity contribution in [2.45, 2.75) is 37.1 Å². The van der Waals surface area contributed by atoms with E-state index in [9.17, 15) is 17.2 Å². The SMILES string of the molecule is Cc1nc(-c2ccc(S(=O)(=O)N(CC(F)F)C3CC3)cc2)co1. The van der Waals surface area contributed by atoms with Gasteiger partial charge in [0.15, 0.2) is 5.89 Å². The summed E-state index contributed by atoms with van der Waals surface area (Å²) in [6, 6.07) is 5.70. The van der Waals surface area contributed by atoms with Gasteiger partial charge in [-0.3, -0.25) is 0 Å². The Bertz CT molecular complexity index is 783. The van der Waals surface area contributed by atoms with Crippen molar-refractivity contribution in [3.63, 3.8) is 0 Å². The van der Waals surface area contributed by atoms with Crippen molar-refractivity contribution in [1.82, 2.24) is 9.29 Å². The number of halogens is 2. The van der Waals surface area contributed by atoms with Crippen molar-refractivity contribution >= 4 is 10.0 Å². The van der Waals surface area contributed by atoms with Crippen LogP contribution in [0.1, 0.15) is 18.7 Å². The topological polar surface area (TPSA) is 63.4 Å². The lowest BCUT2D eigenvalue weighted by molar-refractivity contribution is 0.117. The minimum Gasteiger partial charge on any atom is -0.449 e. The second-order valence-electron chi connectivity index (χ2n) is 5.47. The van der Waals surface area contributed by atoms with Crippen LogP contribution in [0.4, 0.5) is 8.78 Å². The van der Waals surface area contributed by atoms with Gasteiger partial charge in [0.2, 0.25) is 10.0 Å². The van der Waals surface area contributed by atoms with Crippen LogP contribution in [0.15, 0.2) is 39.8 Å². The molecule has 3 rings (SSSR count). The van der Waals surface area contributed by atoms with Crippen molar-refractivity contribution in [2.24, 2.45) is 0 Å². The van der Waals surface area contributed by atoms with E-state index in [1.165, 1.54) is 18.4 Å². The predicted octanol–water partition coefficient (Wildman–Crippen LogP) is 3.07. The number of rotatable bonds is 6. The van der Waals surface area contributed by atoms with Gasteiger partial charge < -0.3 is 4.42 Å². The zero-order valence-electron chi connectivity index (χ0n) is 12.4. The van der Waals surface area contributed by atoms with Crippen LogP contribution in [0, 0.1) is 6.92 Å². The van der Waals surface area contributed by atoms with Gasteiger partial charge in [-0.1, -0.05) is 12.1 Å². The molecule has 0 aliphatic heterocycles. The lowest BCUT2D eigenvalue weighted by Crippen LogP contribution is -2.36. The molecule has 23 heavy (non-hydrogen) atoms. The minimum atomic E-state index is -3.92. The Labute approximate surface area is 133 Å². The quantitative estimate of drug-likeness (QED) is 0.809. The smallest absolute Gasteiger partial charge is 0.252 e. The molecule has 1 aromatic heterocycles. The number of benzene rings is 1. The lowest BCUT2D eigenvalue weighted by Gasteiger charge is -2.21. The molecular formula is C15H16F2N2O3S. The summed E-state index contributed by atoms with van der Waals surface area (Å²) in [5, 5.41) is 0. The Balaban J connectivity index is 1.87. The number of hydrogen-bond donors (Lipinski definition) is 0. The molecule has 124 valence electrons. The largest absolute Gasteiger partial charge is 0.449 e. The molecule has 0 amide bonds. The van der Waals surface area contributed by atoms with Crippen molar-refractivity contribution in [3.05, 3.63) is 36.4 Å². The van der Waals surface area contributed by atoms with E-state index in [0.29, 0.717) is 30.0 Å².